The van der Waals surface area contributed by atoms with E-state index in [1.165, 1.54) is 7.11 Å². The number of carbonyl (C=O) groups excluding carboxylic acids is 1. The monoisotopic (exact) mass is 378 g/mol. The number of benzene rings is 2. The average molecular weight is 378 g/mol. The van der Waals surface area contributed by atoms with Crippen molar-refractivity contribution in [2.24, 2.45) is 0 Å². The minimum atomic E-state index is -1.46. The van der Waals surface area contributed by atoms with Gasteiger partial charge in [0.05, 0.1) is 18.3 Å². The van der Waals surface area contributed by atoms with Crippen LogP contribution in [0.5, 0.6) is 0 Å². The van der Waals surface area contributed by atoms with Crippen LogP contribution in [0, 0.1) is 6.92 Å². The van der Waals surface area contributed by atoms with Crippen molar-refractivity contribution >= 4 is 16.9 Å². The van der Waals surface area contributed by atoms with Crippen molar-refractivity contribution in [2.45, 2.75) is 19.4 Å². The molecule has 0 saturated carbocycles. The third-order valence-electron chi connectivity index (χ3n) is 4.58. The number of hydrogen-bond donors (Lipinski definition) is 1. The molecular weight excluding hydrogens is 360 g/mol. The molecule has 8 heteroatoms. The molecule has 142 valence electrons. The lowest BCUT2D eigenvalue weighted by atomic mass is 9.95. The number of carbonyl (C=O) groups is 1. The Kier molecular flexibility index (Phi) is 4.20. The summed E-state index contributed by atoms with van der Waals surface area (Å²) in [7, 11) is 1.32. The standard InChI is InChI=1S/C20H18N4O4/c1-12-21-19(23-28-12)20(2,26)13-7-6-8-14(11-13)24-16-10-5-4-9-15(16)17(22-24)18(25)27-3/h4-11,26H,1-3H3. The molecule has 0 aliphatic rings. The predicted octanol–water partition coefficient (Wildman–Crippen LogP) is 2.76. The molecule has 1 unspecified atom stereocenters. The average Bonchev–Trinajstić information content (AvgIpc) is 3.32. The number of rotatable bonds is 4. The van der Waals surface area contributed by atoms with Gasteiger partial charge in [-0.25, -0.2) is 9.48 Å². The molecule has 0 bridgehead atoms. The van der Waals surface area contributed by atoms with E-state index in [9.17, 15) is 9.90 Å². The molecule has 4 aromatic rings. The number of esters is 1. The lowest BCUT2D eigenvalue weighted by Crippen LogP contribution is -2.24. The van der Waals surface area contributed by atoms with Crippen molar-refractivity contribution in [3.05, 3.63) is 71.5 Å². The van der Waals surface area contributed by atoms with Gasteiger partial charge in [-0.3, -0.25) is 0 Å². The van der Waals surface area contributed by atoms with Crippen LogP contribution in [-0.2, 0) is 10.3 Å². The molecule has 0 aliphatic carbocycles. The van der Waals surface area contributed by atoms with Gasteiger partial charge in [-0.2, -0.15) is 10.1 Å². The summed E-state index contributed by atoms with van der Waals surface area (Å²) in [5.41, 5.74) is 0.746. The molecular formula is C20H18N4O4. The van der Waals surface area contributed by atoms with Crippen LogP contribution >= 0.6 is 0 Å². The zero-order chi connectivity index (χ0) is 19.9. The van der Waals surface area contributed by atoms with Gasteiger partial charge in [0.25, 0.3) is 0 Å². The second-order valence-electron chi connectivity index (χ2n) is 6.53. The first-order chi connectivity index (χ1) is 13.4. The molecule has 0 fully saturated rings. The lowest BCUT2D eigenvalue weighted by molar-refractivity contribution is 0.0595. The van der Waals surface area contributed by atoms with Crippen molar-refractivity contribution in [1.82, 2.24) is 19.9 Å². The van der Waals surface area contributed by atoms with E-state index in [1.54, 1.807) is 36.7 Å². The van der Waals surface area contributed by atoms with Crippen LogP contribution in [0.25, 0.3) is 16.6 Å². The van der Waals surface area contributed by atoms with Crippen LogP contribution in [0.3, 0.4) is 0 Å². The van der Waals surface area contributed by atoms with Crippen molar-refractivity contribution in [1.29, 1.82) is 0 Å². The van der Waals surface area contributed by atoms with Crippen LogP contribution in [0.1, 0.15) is 34.7 Å². The fourth-order valence-electron chi connectivity index (χ4n) is 3.08. The topological polar surface area (TPSA) is 103 Å². The molecule has 1 N–H and O–H groups in total. The maximum absolute atomic E-state index is 12.1. The van der Waals surface area contributed by atoms with Crippen molar-refractivity contribution in [3.63, 3.8) is 0 Å². The predicted molar refractivity (Wildman–Crippen MR) is 100 cm³/mol. The highest BCUT2D eigenvalue weighted by molar-refractivity contribution is 6.02. The Hall–Kier alpha value is -3.52. The summed E-state index contributed by atoms with van der Waals surface area (Å²) in [5, 5.41) is 20.0. The van der Waals surface area contributed by atoms with E-state index in [2.05, 4.69) is 15.2 Å². The molecule has 28 heavy (non-hydrogen) atoms. The summed E-state index contributed by atoms with van der Waals surface area (Å²) in [6, 6.07) is 14.5. The molecule has 0 radical (unpaired) electrons. The molecule has 4 rings (SSSR count). The van der Waals surface area contributed by atoms with Gasteiger partial charge in [0, 0.05) is 12.3 Å². The van der Waals surface area contributed by atoms with Crippen LogP contribution < -0.4 is 0 Å². The van der Waals surface area contributed by atoms with Gasteiger partial charge in [-0.05, 0) is 30.7 Å². The van der Waals surface area contributed by atoms with Gasteiger partial charge in [-0.15, -0.1) is 0 Å². The van der Waals surface area contributed by atoms with Crippen LogP contribution in [0.15, 0.2) is 53.1 Å². The summed E-state index contributed by atoms with van der Waals surface area (Å²) >= 11 is 0. The molecule has 1 atom stereocenters. The van der Waals surface area contributed by atoms with Gasteiger partial charge >= 0.3 is 5.97 Å². The zero-order valence-electron chi connectivity index (χ0n) is 15.6. The largest absolute Gasteiger partial charge is 0.464 e. The highest BCUT2D eigenvalue weighted by atomic mass is 16.5. The Bertz CT molecular complexity index is 1180. The van der Waals surface area contributed by atoms with Crippen LogP contribution in [0.2, 0.25) is 0 Å². The Morgan fingerprint density at radius 1 is 1.21 bits per heavy atom. The Labute approximate surface area is 160 Å². The Balaban J connectivity index is 1.86. The maximum atomic E-state index is 12.1. The number of aromatic nitrogens is 4. The van der Waals surface area contributed by atoms with Gasteiger partial charge < -0.3 is 14.4 Å². The van der Waals surface area contributed by atoms with E-state index in [1.807, 2.05) is 30.3 Å². The van der Waals surface area contributed by atoms with E-state index in [0.29, 0.717) is 22.5 Å². The molecule has 0 saturated heterocycles. The zero-order valence-corrected chi connectivity index (χ0v) is 15.6. The van der Waals surface area contributed by atoms with E-state index >= 15 is 0 Å². The van der Waals surface area contributed by atoms with Crippen molar-refractivity contribution in [2.75, 3.05) is 7.11 Å². The van der Waals surface area contributed by atoms with E-state index in [-0.39, 0.29) is 11.5 Å². The second-order valence-corrected chi connectivity index (χ2v) is 6.53. The smallest absolute Gasteiger partial charge is 0.359 e. The van der Waals surface area contributed by atoms with Gasteiger partial charge in [0.1, 0.15) is 5.60 Å². The van der Waals surface area contributed by atoms with Crippen LogP contribution in [0.4, 0.5) is 0 Å². The van der Waals surface area contributed by atoms with Crippen molar-refractivity contribution < 1.29 is 19.2 Å². The minimum Gasteiger partial charge on any atom is -0.464 e. The first kappa shape index (κ1) is 17.9. The number of aryl methyl sites for hydroxylation is 1. The number of nitrogens with zero attached hydrogens (tertiary/aromatic N) is 4. The normalized spacial score (nSPS) is 13.4. The van der Waals surface area contributed by atoms with Gasteiger partial charge in [0.2, 0.25) is 11.7 Å². The first-order valence-corrected chi connectivity index (χ1v) is 8.62. The summed E-state index contributed by atoms with van der Waals surface area (Å²) in [5.74, 6) is 0.0234. The highest BCUT2D eigenvalue weighted by Crippen LogP contribution is 2.30. The molecule has 2 heterocycles. The van der Waals surface area contributed by atoms with E-state index in [4.69, 9.17) is 9.26 Å². The van der Waals surface area contributed by atoms with E-state index < -0.39 is 11.6 Å². The molecule has 0 amide bonds. The summed E-state index contributed by atoms with van der Waals surface area (Å²) in [4.78, 5) is 16.3. The SMILES string of the molecule is COC(=O)c1nn(-c2cccc(C(C)(O)c3noc(C)n3)c2)c2ccccc12. The third-order valence-corrected chi connectivity index (χ3v) is 4.58. The number of hydrogen-bond acceptors (Lipinski definition) is 7. The molecule has 2 aromatic carbocycles. The Morgan fingerprint density at radius 2 is 2.00 bits per heavy atom. The summed E-state index contributed by atoms with van der Waals surface area (Å²) in [6.45, 7) is 3.25. The fourth-order valence-corrected chi connectivity index (χ4v) is 3.08. The number of para-hydroxylation sites is 1. The van der Waals surface area contributed by atoms with Gasteiger partial charge in [0.15, 0.2) is 5.69 Å². The summed E-state index contributed by atoms with van der Waals surface area (Å²) < 4.78 is 11.5. The number of aliphatic hydroxyl groups is 1. The van der Waals surface area contributed by atoms with Gasteiger partial charge in [-0.1, -0.05) is 35.5 Å². The quantitative estimate of drug-likeness (QED) is 0.545. The molecule has 8 nitrogen and oxygen atoms in total. The maximum Gasteiger partial charge on any atom is 0.359 e. The first-order valence-electron chi connectivity index (χ1n) is 8.62. The lowest BCUT2D eigenvalue weighted by Gasteiger charge is -2.20. The molecule has 0 spiro atoms. The molecule has 0 aliphatic heterocycles. The fraction of sp³-hybridized carbons (Fsp3) is 0.200. The van der Waals surface area contributed by atoms with E-state index in [0.717, 1.165) is 5.52 Å². The Morgan fingerprint density at radius 3 is 2.71 bits per heavy atom. The third kappa shape index (κ3) is 2.84. The highest BCUT2D eigenvalue weighted by Gasteiger charge is 2.31. The number of fused-ring (bicyclic) bond motifs is 1. The van der Waals surface area contributed by atoms with Crippen molar-refractivity contribution in [3.8, 4) is 5.69 Å². The number of methoxy groups -OCH3 is 1. The minimum absolute atomic E-state index is 0.169. The number of ether oxygens (including phenoxy) is 1. The summed E-state index contributed by atoms with van der Waals surface area (Å²) in [6.07, 6.45) is 0. The molecule has 2 aromatic heterocycles. The van der Waals surface area contributed by atoms with Crippen LogP contribution in [-0.4, -0.2) is 38.1 Å². The second kappa shape index (κ2) is 6.58.